The molecule has 1 aromatic carbocycles. The van der Waals surface area contributed by atoms with Crippen LogP contribution in [-0.2, 0) is 11.3 Å². The Hall–Kier alpha value is -1.43. The van der Waals surface area contributed by atoms with E-state index in [0.717, 1.165) is 19.4 Å². The maximum atomic E-state index is 12.0. The van der Waals surface area contributed by atoms with Crippen LogP contribution in [0.15, 0.2) is 23.0 Å². The second-order valence-corrected chi connectivity index (χ2v) is 5.41. The summed E-state index contributed by atoms with van der Waals surface area (Å²) in [6.45, 7) is 2.07. The molecule has 1 saturated heterocycles. The van der Waals surface area contributed by atoms with Crippen LogP contribution in [0.2, 0.25) is 5.02 Å². The van der Waals surface area contributed by atoms with Crippen molar-refractivity contribution in [1.29, 1.82) is 0 Å². The van der Waals surface area contributed by atoms with E-state index in [0.29, 0.717) is 40.9 Å². The van der Waals surface area contributed by atoms with Crippen LogP contribution in [0.1, 0.15) is 18.7 Å². The van der Waals surface area contributed by atoms with E-state index in [1.165, 1.54) is 0 Å². The van der Waals surface area contributed by atoms with E-state index in [9.17, 15) is 4.79 Å². The lowest BCUT2D eigenvalue weighted by Crippen LogP contribution is -2.37. The Kier molecular flexibility index (Phi) is 4.00. The normalized spacial score (nSPS) is 19.4. The van der Waals surface area contributed by atoms with Gasteiger partial charge in [-0.2, -0.15) is 0 Å². The van der Waals surface area contributed by atoms with Crippen molar-refractivity contribution in [1.82, 2.24) is 15.3 Å². The third kappa shape index (κ3) is 3.00. The highest BCUT2D eigenvalue weighted by molar-refractivity contribution is 6.31. The molecule has 0 radical (unpaired) electrons. The topological polar surface area (TPSA) is 67.0 Å². The molecule has 0 aliphatic carbocycles. The lowest BCUT2D eigenvalue weighted by Gasteiger charge is -2.22. The highest BCUT2D eigenvalue weighted by Gasteiger charge is 2.13. The van der Waals surface area contributed by atoms with Crippen molar-refractivity contribution in [3.63, 3.8) is 0 Å². The summed E-state index contributed by atoms with van der Waals surface area (Å²) in [6.07, 6.45) is 2.15. The molecular formula is C14H16ClN3O2. The Morgan fingerprint density at radius 2 is 2.40 bits per heavy atom. The number of nitrogens with one attached hydrogen (secondary N) is 2. The van der Waals surface area contributed by atoms with Crippen LogP contribution in [0.25, 0.3) is 10.9 Å². The van der Waals surface area contributed by atoms with Crippen molar-refractivity contribution in [2.24, 2.45) is 0 Å². The average Bonchev–Trinajstić information content (AvgIpc) is 2.46. The van der Waals surface area contributed by atoms with E-state index in [-0.39, 0.29) is 5.56 Å². The van der Waals surface area contributed by atoms with Gasteiger partial charge in [-0.3, -0.25) is 4.79 Å². The number of benzene rings is 1. The number of fused-ring (bicyclic) bond motifs is 1. The van der Waals surface area contributed by atoms with Gasteiger partial charge in [-0.05, 0) is 31.0 Å². The van der Waals surface area contributed by atoms with Gasteiger partial charge < -0.3 is 15.0 Å². The molecule has 2 N–H and O–H groups in total. The van der Waals surface area contributed by atoms with Crippen LogP contribution < -0.4 is 10.9 Å². The van der Waals surface area contributed by atoms with Crippen molar-refractivity contribution in [3.8, 4) is 0 Å². The van der Waals surface area contributed by atoms with Gasteiger partial charge in [-0.15, -0.1) is 0 Å². The van der Waals surface area contributed by atoms with Crippen molar-refractivity contribution >= 4 is 22.5 Å². The van der Waals surface area contributed by atoms with Gasteiger partial charge in [-0.1, -0.05) is 11.6 Å². The summed E-state index contributed by atoms with van der Waals surface area (Å²) in [5.74, 6) is 0.621. The summed E-state index contributed by atoms with van der Waals surface area (Å²) in [4.78, 5) is 19.2. The number of H-pyrrole nitrogens is 1. The van der Waals surface area contributed by atoms with E-state index in [4.69, 9.17) is 16.3 Å². The second-order valence-electron chi connectivity index (χ2n) is 4.97. The molecule has 1 fully saturated rings. The summed E-state index contributed by atoms with van der Waals surface area (Å²) in [5.41, 5.74) is 0.487. The number of hydrogen-bond acceptors (Lipinski definition) is 4. The van der Waals surface area contributed by atoms with Crippen molar-refractivity contribution < 1.29 is 4.74 Å². The van der Waals surface area contributed by atoms with Gasteiger partial charge in [0.05, 0.1) is 24.1 Å². The first kappa shape index (κ1) is 13.5. The van der Waals surface area contributed by atoms with Gasteiger partial charge in [0, 0.05) is 17.7 Å². The minimum Gasteiger partial charge on any atom is -0.380 e. The number of aromatic amines is 1. The van der Waals surface area contributed by atoms with E-state index in [1.54, 1.807) is 18.2 Å². The highest BCUT2D eigenvalue weighted by atomic mass is 35.5. The summed E-state index contributed by atoms with van der Waals surface area (Å²) < 4.78 is 5.41. The van der Waals surface area contributed by atoms with Crippen molar-refractivity contribution in [2.75, 3.05) is 13.2 Å². The monoisotopic (exact) mass is 293 g/mol. The molecule has 3 rings (SSSR count). The molecule has 0 saturated carbocycles. The molecule has 5 nitrogen and oxygen atoms in total. The van der Waals surface area contributed by atoms with E-state index in [1.807, 2.05) is 0 Å². The van der Waals surface area contributed by atoms with Gasteiger partial charge in [0.15, 0.2) is 0 Å². The maximum absolute atomic E-state index is 12.0. The SMILES string of the molecule is O=c1[nH]c(CNC2CCCOC2)nc2cc(Cl)ccc12. The van der Waals surface area contributed by atoms with E-state index >= 15 is 0 Å². The van der Waals surface area contributed by atoms with Crippen LogP contribution >= 0.6 is 11.6 Å². The zero-order valence-corrected chi connectivity index (χ0v) is 11.7. The number of rotatable bonds is 3. The molecule has 2 heterocycles. The summed E-state index contributed by atoms with van der Waals surface area (Å²) >= 11 is 5.94. The average molecular weight is 294 g/mol. The largest absolute Gasteiger partial charge is 0.380 e. The Morgan fingerprint density at radius 1 is 1.50 bits per heavy atom. The molecule has 0 bridgehead atoms. The summed E-state index contributed by atoms with van der Waals surface area (Å²) in [5, 5.41) is 4.49. The van der Waals surface area contributed by atoms with Crippen LogP contribution in [-0.4, -0.2) is 29.2 Å². The van der Waals surface area contributed by atoms with Crippen molar-refractivity contribution in [3.05, 3.63) is 39.4 Å². The van der Waals surface area contributed by atoms with E-state index < -0.39 is 0 Å². The number of nitrogens with zero attached hydrogens (tertiary/aromatic N) is 1. The van der Waals surface area contributed by atoms with Crippen LogP contribution in [0.3, 0.4) is 0 Å². The lowest BCUT2D eigenvalue weighted by molar-refractivity contribution is 0.0697. The molecule has 1 aliphatic rings. The quantitative estimate of drug-likeness (QED) is 0.906. The number of halogens is 1. The highest BCUT2D eigenvalue weighted by Crippen LogP contribution is 2.14. The van der Waals surface area contributed by atoms with Gasteiger partial charge in [-0.25, -0.2) is 4.98 Å². The van der Waals surface area contributed by atoms with Gasteiger partial charge in [0.2, 0.25) is 0 Å². The fraction of sp³-hybridized carbons (Fsp3) is 0.429. The van der Waals surface area contributed by atoms with Crippen LogP contribution in [0.5, 0.6) is 0 Å². The predicted octanol–water partition coefficient (Wildman–Crippen LogP) is 1.85. The summed E-state index contributed by atoms with van der Waals surface area (Å²) in [6, 6.07) is 5.41. The first-order chi connectivity index (χ1) is 9.72. The predicted molar refractivity (Wildman–Crippen MR) is 78.1 cm³/mol. The number of hydrogen-bond donors (Lipinski definition) is 2. The third-order valence-corrected chi connectivity index (χ3v) is 3.67. The molecule has 1 unspecified atom stereocenters. The minimum atomic E-state index is -0.136. The Bertz CT molecular complexity index is 665. The molecule has 1 atom stereocenters. The molecule has 1 aromatic heterocycles. The number of aromatic nitrogens is 2. The number of ether oxygens (including phenoxy) is 1. The fourth-order valence-electron chi connectivity index (χ4n) is 2.39. The first-order valence-corrected chi connectivity index (χ1v) is 7.10. The first-order valence-electron chi connectivity index (χ1n) is 6.72. The van der Waals surface area contributed by atoms with Gasteiger partial charge in [0.25, 0.3) is 5.56 Å². The van der Waals surface area contributed by atoms with Gasteiger partial charge >= 0.3 is 0 Å². The molecule has 2 aromatic rings. The van der Waals surface area contributed by atoms with Crippen LogP contribution in [0.4, 0.5) is 0 Å². The lowest BCUT2D eigenvalue weighted by atomic mass is 10.1. The maximum Gasteiger partial charge on any atom is 0.258 e. The third-order valence-electron chi connectivity index (χ3n) is 3.44. The summed E-state index contributed by atoms with van der Waals surface area (Å²) in [7, 11) is 0. The Balaban J connectivity index is 1.79. The van der Waals surface area contributed by atoms with Crippen LogP contribution in [0, 0.1) is 0 Å². The molecule has 106 valence electrons. The zero-order chi connectivity index (χ0) is 13.9. The smallest absolute Gasteiger partial charge is 0.258 e. The molecule has 0 spiro atoms. The molecule has 0 amide bonds. The fourth-order valence-corrected chi connectivity index (χ4v) is 2.55. The Morgan fingerprint density at radius 3 is 3.20 bits per heavy atom. The van der Waals surface area contributed by atoms with Crippen molar-refractivity contribution in [2.45, 2.75) is 25.4 Å². The van der Waals surface area contributed by atoms with Gasteiger partial charge in [0.1, 0.15) is 5.82 Å². The zero-order valence-electron chi connectivity index (χ0n) is 11.0. The molecular weight excluding hydrogens is 278 g/mol. The minimum absolute atomic E-state index is 0.136. The van der Waals surface area contributed by atoms with E-state index in [2.05, 4.69) is 15.3 Å². The molecule has 6 heteroatoms. The Labute approximate surface area is 121 Å². The second kappa shape index (κ2) is 5.91. The standard InChI is InChI=1S/C14H16ClN3O2/c15-9-3-4-11-12(6-9)17-13(18-14(11)19)7-16-10-2-1-5-20-8-10/h3-4,6,10,16H,1-2,5,7-8H2,(H,17,18,19). The molecule has 20 heavy (non-hydrogen) atoms. The molecule has 1 aliphatic heterocycles.